The van der Waals surface area contributed by atoms with Gasteiger partial charge in [-0.25, -0.2) is 0 Å². The van der Waals surface area contributed by atoms with Gasteiger partial charge in [-0.2, -0.15) is 5.26 Å². The van der Waals surface area contributed by atoms with Gasteiger partial charge in [0, 0.05) is 12.1 Å². The molecule has 1 N–H and O–H groups in total. The number of nitriles is 1. The van der Waals surface area contributed by atoms with Gasteiger partial charge >= 0.3 is 0 Å². The average Bonchev–Trinajstić information content (AvgIpc) is 2.58. The van der Waals surface area contributed by atoms with E-state index in [2.05, 4.69) is 18.3 Å². The zero-order valence-electron chi connectivity index (χ0n) is 8.29. The predicted octanol–water partition coefficient (Wildman–Crippen LogP) is 2.07. The minimum atomic E-state index is 0.285. The molecule has 0 bridgehead atoms. The zero-order valence-corrected chi connectivity index (χ0v) is 8.29. The van der Waals surface area contributed by atoms with Crippen molar-refractivity contribution in [2.24, 2.45) is 11.8 Å². The maximum atomic E-state index is 8.92. The van der Waals surface area contributed by atoms with Crippen molar-refractivity contribution in [3.63, 3.8) is 0 Å². The van der Waals surface area contributed by atoms with Crippen LogP contribution in [0.1, 0.15) is 39.0 Å². The summed E-state index contributed by atoms with van der Waals surface area (Å²) in [6, 6.07) is 3.63. The van der Waals surface area contributed by atoms with Gasteiger partial charge in [0.15, 0.2) is 0 Å². The van der Waals surface area contributed by atoms with Crippen molar-refractivity contribution in [1.82, 2.24) is 5.32 Å². The van der Waals surface area contributed by atoms with Gasteiger partial charge < -0.3 is 5.32 Å². The van der Waals surface area contributed by atoms with E-state index in [0.717, 1.165) is 12.3 Å². The smallest absolute Gasteiger partial charge is 0.0672 e. The fourth-order valence-corrected chi connectivity index (χ4v) is 2.50. The average molecular weight is 178 g/mol. The molecular formula is C11H18N2. The molecule has 2 rings (SSSR count). The molecule has 0 aromatic carbocycles. The van der Waals surface area contributed by atoms with E-state index in [0.29, 0.717) is 12.1 Å². The Morgan fingerprint density at radius 2 is 2.00 bits per heavy atom. The molecule has 13 heavy (non-hydrogen) atoms. The quantitative estimate of drug-likeness (QED) is 0.702. The number of rotatable bonds is 2. The zero-order chi connectivity index (χ0) is 9.26. The monoisotopic (exact) mass is 178 g/mol. The summed E-state index contributed by atoms with van der Waals surface area (Å²) in [6.07, 6.45) is 6.23. The fraction of sp³-hybridized carbons (Fsp3) is 0.909. The molecule has 2 heteroatoms. The summed E-state index contributed by atoms with van der Waals surface area (Å²) in [4.78, 5) is 0. The maximum Gasteiger partial charge on any atom is 0.0672 e. The molecule has 2 aliphatic rings. The second kappa shape index (κ2) is 3.67. The number of hydrogen-bond donors (Lipinski definition) is 1. The van der Waals surface area contributed by atoms with Crippen molar-refractivity contribution >= 4 is 0 Å². The summed E-state index contributed by atoms with van der Waals surface area (Å²) < 4.78 is 0. The third-order valence-corrected chi connectivity index (χ3v) is 3.73. The summed E-state index contributed by atoms with van der Waals surface area (Å²) in [5.41, 5.74) is 0. The number of nitrogens with zero attached hydrogens (tertiary/aromatic N) is 1. The normalized spacial score (nSPS) is 44.0. The van der Waals surface area contributed by atoms with E-state index in [9.17, 15) is 0 Å². The number of hydrogen-bond acceptors (Lipinski definition) is 2. The summed E-state index contributed by atoms with van der Waals surface area (Å²) in [7, 11) is 0. The molecule has 0 spiro atoms. The van der Waals surface area contributed by atoms with Gasteiger partial charge in [-0.1, -0.05) is 13.3 Å². The van der Waals surface area contributed by atoms with Crippen LogP contribution in [-0.2, 0) is 0 Å². The molecule has 0 amide bonds. The van der Waals surface area contributed by atoms with Gasteiger partial charge in [-0.15, -0.1) is 0 Å². The van der Waals surface area contributed by atoms with Gasteiger partial charge in [0.2, 0.25) is 0 Å². The Morgan fingerprint density at radius 1 is 1.15 bits per heavy atom. The van der Waals surface area contributed by atoms with E-state index in [1.54, 1.807) is 0 Å². The topological polar surface area (TPSA) is 35.8 Å². The Bertz CT molecular complexity index is 219. The highest BCUT2D eigenvalue weighted by molar-refractivity contribution is 4.99. The summed E-state index contributed by atoms with van der Waals surface area (Å²) in [5, 5.41) is 12.6. The second-order valence-electron chi connectivity index (χ2n) is 4.60. The van der Waals surface area contributed by atoms with Crippen molar-refractivity contribution in [3.8, 4) is 6.07 Å². The lowest BCUT2D eigenvalue weighted by atomic mass is 9.80. The molecule has 4 unspecified atom stereocenters. The predicted molar refractivity (Wildman–Crippen MR) is 52.1 cm³/mol. The molecule has 0 aromatic heterocycles. The minimum absolute atomic E-state index is 0.285. The van der Waals surface area contributed by atoms with Crippen molar-refractivity contribution < 1.29 is 0 Å². The van der Waals surface area contributed by atoms with E-state index in [1.165, 1.54) is 25.7 Å². The molecule has 0 heterocycles. The molecule has 2 nitrogen and oxygen atoms in total. The first-order valence-corrected chi connectivity index (χ1v) is 5.47. The van der Waals surface area contributed by atoms with Crippen LogP contribution in [0.4, 0.5) is 0 Å². The summed E-state index contributed by atoms with van der Waals surface area (Å²) >= 11 is 0. The lowest BCUT2D eigenvalue weighted by Crippen LogP contribution is -2.48. The highest BCUT2D eigenvalue weighted by Gasteiger charge is 2.33. The lowest BCUT2D eigenvalue weighted by Gasteiger charge is -2.37. The van der Waals surface area contributed by atoms with Gasteiger partial charge in [-0.05, 0) is 31.6 Å². The van der Waals surface area contributed by atoms with E-state index < -0.39 is 0 Å². The SMILES string of the molecule is CC1CCC1NC1CCCC1C#N. The Kier molecular flexibility index (Phi) is 2.55. The van der Waals surface area contributed by atoms with Gasteiger partial charge in [0.05, 0.1) is 12.0 Å². The maximum absolute atomic E-state index is 8.92. The van der Waals surface area contributed by atoms with Crippen LogP contribution >= 0.6 is 0 Å². The van der Waals surface area contributed by atoms with Crippen LogP contribution in [0.25, 0.3) is 0 Å². The molecule has 0 saturated heterocycles. The molecule has 0 radical (unpaired) electrons. The van der Waals surface area contributed by atoms with Crippen LogP contribution in [0, 0.1) is 23.2 Å². The molecule has 2 fully saturated rings. The van der Waals surface area contributed by atoms with Crippen LogP contribution in [0.15, 0.2) is 0 Å². The van der Waals surface area contributed by atoms with Crippen molar-refractivity contribution in [3.05, 3.63) is 0 Å². The molecule has 0 aliphatic heterocycles. The first-order chi connectivity index (χ1) is 6.31. The molecule has 2 aliphatic carbocycles. The third kappa shape index (κ3) is 1.71. The van der Waals surface area contributed by atoms with Crippen LogP contribution in [-0.4, -0.2) is 12.1 Å². The van der Waals surface area contributed by atoms with Crippen molar-refractivity contribution in [2.45, 2.75) is 51.1 Å². The summed E-state index contributed by atoms with van der Waals surface area (Å²) in [5.74, 6) is 1.12. The Hall–Kier alpha value is -0.550. The third-order valence-electron chi connectivity index (χ3n) is 3.73. The van der Waals surface area contributed by atoms with E-state index in [4.69, 9.17) is 5.26 Å². The number of nitrogens with one attached hydrogen (secondary N) is 1. The highest BCUT2D eigenvalue weighted by atomic mass is 15.0. The van der Waals surface area contributed by atoms with E-state index in [1.807, 2.05) is 0 Å². The van der Waals surface area contributed by atoms with Crippen molar-refractivity contribution in [1.29, 1.82) is 5.26 Å². The van der Waals surface area contributed by atoms with Crippen molar-refractivity contribution in [2.75, 3.05) is 0 Å². The van der Waals surface area contributed by atoms with Crippen LogP contribution in [0.3, 0.4) is 0 Å². The Balaban J connectivity index is 1.84. The minimum Gasteiger partial charge on any atom is -0.310 e. The van der Waals surface area contributed by atoms with Crippen LogP contribution < -0.4 is 5.32 Å². The van der Waals surface area contributed by atoms with Gasteiger partial charge in [0.25, 0.3) is 0 Å². The lowest BCUT2D eigenvalue weighted by molar-refractivity contribution is 0.203. The molecular weight excluding hydrogens is 160 g/mol. The van der Waals surface area contributed by atoms with Crippen LogP contribution in [0.5, 0.6) is 0 Å². The summed E-state index contributed by atoms with van der Waals surface area (Å²) in [6.45, 7) is 2.30. The van der Waals surface area contributed by atoms with E-state index >= 15 is 0 Å². The molecule has 4 atom stereocenters. The molecule has 0 aromatic rings. The molecule has 72 valence electrons. The fourth-order valence-electron chi connectivity index (χ4n) is 2.50. The van der Waals surface area contributed by atoms with E-state index in [-0.39, 0.29) is 5.92 Å². The second-order valence-corrected chi connectivity index (χ2v) is 4.60. The van der Waals surface area contributed by atoms with Gasteiger partial charge in [0.1, 0.15) is 0 Å². The Labute approximate surface area is 80.3 Å². The Morgan fingerprint density at radius 3 is 2.54 bits per heavy atom. The molecule has 2 saturated carbocycles. The highest BCUT2D eigenvalue weighted by Crippen LogP contribution is 2.31. The standard InChI is InChI=1S/C11H18N2/c1-8-5-6-10(8)13-11-4-2-3-9(11)7-12/h8-11,13H,2-6H2,1H3. The largest absolute Gasteiger partial charge is 0.310 e. The first kappa shape index (κ1) is 9.02. The first-order valence-electron chi connectivity index (χ1n) is 5.47. The van der Waals surface area contributed by atoms with Crippen LogP contribution in [0.2, 0.25) is 0 Å². The van der Waals surface area contributed by atoms with Gasteiger partial charge in [-0.3, -0.25) is 0 Å².